The number of carbonyl (C=O) groups excluding carboxylic acids is 1. The van der Waals surface area contributed by atoms with Crippen molar-refractivity contribution in [3.63, 3.8) is 0 Å². The Morgan fingerprint density at radius 1 is 1.26 bits per heavy atom. The van der Waals surface area contributed by atoms with Crippen molar-refractivity contribution in [2.45, 2.75) is 25.3 Å². The van der Waals surface area contributed by atoms with Gasteiger partial charge in [0.05, 0.1) is 20.2 Å². The number of quaternary nitrogens is 1. The zero-order chi connectivity index (χ0) is 18.6. The van der Waals surface area contributed by atoms with Gasteiger partial charge in [0, 0.05) is 22.8 Å². The second-order valence-electron chi connectivity index (χ2n) is 7.30. The van der Waals surface area contributed by atoms with Gasteiger partial charge >= 0.3 is 0 Å². The van der Waals surface area contributed by atoms with Crippen LogP contribution in [0.2, 0.25) is 0 Å². The van der Waals surface area contributed by atoms with Crippen LogP contribution < -0.4 is 19.7 Å². The number of thiophene rings is 1. The van der Waals surface area contributed by atoms with Gasteiger partial charge in [-0.25, -0.2) is 0 Å². The number of fused-ring (bicyclic) bond motifs is 1. The molecule has 2 N–H and O–H groups in total. The lowest BCUT2D eigenvalue weighted by atomic mass is 9.96. The third-order valence-corrected chi connectivity index (χ3v) is 6.46. The Morgan fingerprint density at radius 3 is 2.85 bits per heavy atom. The Morgan fingerprint density at radius 2 is 2.07 bits per heavy atom. The van der Waals surface area contributed by atoms with Crippen molar-refractivity contribution in [1.29, 1.82) is 0 Å². The summed E-state index contributed by atoms with van der Waals surface area (Å²) in [5, 5.41) is 5.22. The second kappa shape index (κ2) is 8.31. The summed E-state index contributed by atoms with van der Waals surface area (Å²) in [5.74, 6) is 2.28. The third-order valence-electron chi connectivity index (χ3n) is 5.46. The number of para-hydroxylation sites is 2. The number of amides is 1. The van der Waals surface area contributed by atoms with E-state index in [2.05, 4.69) is 16.8 Å². The van der Waals surface area contributed by atoms with E-state index in [0.717, 1.165) is 18.9 Å². The van der Waals surface area contributed by atoms with Crippen LogP contribution in [-0.2, 0) is 11.2 Å². The highest BCUT2D eigenvalue weighted by atomic mass is 32.1. The maximum absolute atomic E-state index is 12.5. The van der Waals surface area contributed by atoms with E-state index in [-0.39, 0.29) is 5.91 Å². The molecule has 1 aliphatic carbocycles. The van der Waals surface area contributed by atoms with Gasteiger partial charge in [-0.3, -0.25) is 4.79 Å². The smallest absolute Gasteiger partial charge is 0.275 e. The fraction of sp³-hybridized carbons (Fsp3) is 0.476. The number of benzene rings is 1. The number of ether oxygens (including phenoxy) is 2. The highest BCUT2D eigenvalue weighted by Gasteiger charge is 2.43. The lowest BCUT2D eigenvalue weighted by molar-refractivity contribution is -0.928. The summed E-state index contributed by atoms with van der Waals surface area (Å²) in [5.41, 5.74) is 1.50. The number of hydrogen-bond donors (Lipinski definition) is 2. The molecule has 1 aromatic heterocycles. The van der Waals surface area contributed by atoms with Crippen LogP contribution in [0.1, 0.15) is 29.3 Å². The molecule has 1 saturated carbocycles. The van der Waals surface area contributed by atoms with Crippen molar-refractivity contribution in [2.75, 3.05) is 33.4 Å². The van der Waals surface area contributed by atoms with Crippen LogP contribution in [0, 0.1) is 5.92 Å². The molecule has 2 aliphatic rings. The Balaban J connectivity index is 1.26. The molecule has 0 bridgehead atoms. The minimum atomic E-state index is 0.109. The van der Waals surface area contributed by atoms with Gasteiger partial charge in [0.2, 0.25) is 0 Å². The van der Waals surface area contributed by atoms with Gasteiger partial charge in [-0.1, -0.05) is 12.1 Å². The van der Waals surface area contributed by atoms with Crippen molar-refractivity contribution in [2.24, 2.45) is 5.92 Å². The first-order valence-corrected chi connectivity index (χ1v) is 10.6. The molecule has 1 aliphatic heterocycles. The Kier molecular flexibility index (Phi) is 5.64. The predicted octanol–water partition coefficient (Wildman–Crippen LogP) is 1.84. The van der Waals surface area contributed by atoms with E-state index in [0.29, 0.717) is 37.2 Å². The predicted molar refractivity (Wildman–Crippen MR) is 106 cm³/mol. The zero-order valence-corrected chi connectivity index (χ0v) is 16.5. The lowest BCUT2D eigenvalue weighted by Gasteiger charge is -2.32. The van der Waals surface area contributed by atoms with Crippen molar-refractivity contribution in [1.82, 2.24) is 5.32 Å². The molecular formula is C21H27N2O3S+. The van der Waals surface area contributed by atoms with E-state index in [1.807, 2.05) is 35.6 Å². The highest BCUT2D eigenvalue weighted by molar-refractivity contribution is 7.10. The van der Waals surface area contributed by atoms with E-state index >= 15 is 0 Å². The molecular weight excluding hydrogens is 360 g/mol. The topological polar surface area (TPSA) is 52.0 Å². The largest absolute Gasteiger partial charge is 0.493 e. The molecule has 2 atom stereocenters. The minimum Gasteiger partial charge on any atom is -0.493 e. The van der Waals surface area contributed by atoms with Crippen LogP contribution in [-0.4, -0.2) is 39.3 Å². The highest BCUT2D eigenvalue weighted by Crippen LogP contribution is 2.42. The van der Waals surface area contributed by atoms with Crippen molar-refractivity contribution in [3.05, 3.63) is 46.2 Å². The maximum atomic E-state index is 12.5. The van der Waals surface area contributed by atoms with Crippen LogP contribution in [0.3, 0.4) is 0 Å². The summed E-state index contributed by atoms with van der Waals surface area (Å²) in [6, 6.07) is 10.3. The molecule has 2 aromatic rings. The summed E-state index contributed by atoms with van der Waals surface area (Å²) < 4.78 is 11.0. The SMILES string of the molecule is COc1ccccc1OCCNC(=O)C[NH+]1CCc2sccc2[C@@H]1C1CC1. The maximum Gasteiger partial charge on any atom is 0.275 e. The van der Waals surface area contributed by atoms with Crippen LogP contribution in [0.4, 0.5) is 0 Å². The van der Waals surface area contributed by atoms with Crippen molar-refractivity contribution >= 4 is 17.2 Å². The summed E-state index contributed by atoms with van der Waals surface area (Å²) in [4.78, 5) is 15.4. The lowest BCUT2D eigenvalue weighted by Crippen LogP contribution is -3.14. The van der Waals surface area contributed by atoms with Gasteiger partial charge in [0.1, 0.15) is 12.6 Å². The van der Waals surface area contributed by atoms with Gasteiger partial charge in [0.25, 0.3) is 5.91 Å². The quantitative estimate of drug-likeness (QED) is 0.680. The fourth-order valence-electron chi connectivity index (χ4n) is 4.05. The average Bonchev–Trinajstić information content (AvgIpc) is 3.41. The van der Waals surface area contributed by atoms with Crippen LogP contribution in [0.5, 0.6) is 11.5 Å². The van der Waals surface area contributed by atoms with Gasteiger partial charge < -0.3 is 19.7 Å². The van der Waals surface area contributed by atoms with E-state index in [1.54, 1.807) is 7.11 Å². The molecule has 5 nitrogen and oxygen atoms in total. The molecule has 27 heavy (non-hydrogen) atoms. The van der Waals surface area contributed by atoms with Gasteiger partial charge in [0.15, 0.2) is 18.0 Å². The van der Waals surface area contributed by atoms with E-state index in [1.165, 1.54) is 28.2 Å². The molecule has 1 unspecified atom stereocenters. The van der Waals surface area contributed by atoms with Crippen molar-refractivity contribution in [3.8, 4) is 11.5 Å². The Labute approximate surface area is 164 Å². The first-order valence-electron chi connectivity index (χ1n) is 9.69. The summed E-state index contributed by atoms with van der Waals surface area (Å²) in [6.45, 7) is 2.54. The first-order chi connectivity index (χ1) is 13.3. The van der Waals surface area contributed by atoms with Crippen LogP contribution in [0.25, 0.3) is 0 Å². The number of carbonyl (C=O) groups is 1. The van der Waals surface area contributed by atoms with Gasteiger partial charge in [-0.05, 0) is 36.4 Å². The molecule has 1 fully saturated rings. The minimum absolute atomic E-state index is 0.109. The molecule has 0 radical (unpaired) electrons. The standard InChI is InChI=1S/C21H26N2O3S/c1-25-17-4-2-3-5-18(17)26-12-10-22-20(24)14-23-11-8-19-16(9-13-27-19)21(23)15-6-7-15/h2-5,9,13,15,21H,6-8,10-12,14H2,1H3,(H,22,24)/p+1/t21-/m0/s1. The third kappa shape index (κ3) is 4.28. The molecule has 0 spiro atoms. The van der Waals surface area contributed by atoms with E-state index in [4.69, 9.17) is 9.47 Å². The number of hydrogen-bond acceptors (Lipinski definition) is 4. The Bertz CT molecular complexity index is 787. The van der Waals surface area contributed by atoms with Gasteiger partial charge in [-0.15, -0.1) is 11.3 Å². The fourth-order valence-corrected chi connectivity index (χ4v) is 4.98. The molecule has 1 aromatic carbocycles. The number of rotatable bonds is 8. The molecule has 6 heteroatoms. The molecule has 4 rings (SSSR count). The molecule has 144 valence electrons. The average molecular weight is 388 g/mol. The van der Waals surface area contributed by atoms with Crippen molar-refractivity contribution < 1.29 is 19.2 Å². The summed E-state index contributed by atoms with van der Waals surface area (Å²) >= 11 is 1.87. The second-order valence-corrected chi connectivity index (χ2v) is 8.30. The van der Waals surface area contributed by atoms with E-state index < -0.39 is 0 Å². The van der Waals surface area contributed by atoms with E-state index in [9.17, 15) is 4.79 Å². The number of methoxy groups -OCH3 is 1. The first kappa shape index (κ1) is 18.3. The molecule has 2 heterocycles. The number of nitrogens with one attached hydrogen (secondary N) is 2. The summed E-state index contributed by atoms with van der Waals surface area (Å²) in [6.07, 6.45) is 3.70. The Hall–Kier alpha value is -2.05. The molecule has 1 amide bonds. The van der Waals surface area contributed by atoms with Crippen LogP contribution in [0.15, 0.2) is 35.7 Å². The molecule has 0 saturated heterocycles. The van der Waals surface area contributed by atoms with Gasteiger partial charge in [-0.2, -0.15) is 0 Å². The van der Waals surface area contributed by atoms with Crippen LogP contribution >= 0.6 is 11.3 Å². The normalized spacial score (nSPS) is 21.4. The summed E-state index contributed by atoms with van der Waals surface area (Å²) in [7, 11) is 1.63. The zero-order valence-electron chi connectivity index (χ0n) is 15.7. The monoisotopic (exact) mass is 387 g/mol.